The molecule has 0 saturated heterocycles. The summed E-state index contributed by atoms with van der Waals surface area (Å²) < 4.78 is 10.7. The van der Waals surface area contributed by atoms with E-state index in [2.05, 4.69) is 22.4 Å². The molecule has 2 heterocycles. The molecule has 2 aromatic carbocycles. The lowest BCUT2D eigenvalue weighted by Crippen LogP contribution is -2.22. The van der Waals surface area contributed by atoms with Crippen molar-refractivity contribution >= 4 is 17.2 Å². The normalized spacial score (nSPS) is 12.2. The Morgan fingerprint density at radius 2 is 1.89 bits per heavy atom. The topological polar surface area (TPSA) is 60.5 Å². The predicted octanol–water partition coefficient (Wildman–Crippen LogP) is 3.90. The summed E-state index contributed by atoms with van der Waals surface area (Å²) in [5, 5.41) is 3.96. The second-order valence-electron chi connectivity index (χ2n) is 6.38. The average Bonchev–Trinajstić information content (AvgIpc) is 3.31. The summed E-state index contributed by atoms with van der Waals surface area (Å²) >= 11 is 1.47. The van der Waals surface area contributed by atoms with Crippen LogP contribution in [0.2, 0.25) is 0 Å². The summed E-state index contributed by atoms with van der Waals surface area (Å²) in [4.78, 5) is 17.8. The van der Waals surface area contributed by atoms with Gasteiger partial charge in [0.25, 0.3) is 5.91 Å². The van der Waals surface area contributed by atoms with Gasteiger partial charge in [0, 0.05) is 13.0 Å². The molecule has 4 rings (SSSR count). The van der Waals surface area contributed by atoms with Gasteiger partial charge in [0.1, 0.15) is 4.88 Å². The third-order valence-corrected chi connectivity index (χ3v) is 5.62. The van der Waals surface area contributed by atoms with Crippen LogP contribution in [-0.4, -0.2) is 17.7 Å². The number of rotatable bonds is 6. The number of fused-ring (bicyclic) bond motifs is 1. The second-order valence-corrected chi connectivity index (χ2v) is 7.46. The fourth-order valence-corrected chi connectivity index (χ4v) is 3.96. The smallest absolute Gasteiger partial charge is 0.263 e. The van der Waals surface area contributed by atoms with E-state index in [1.54, 1.807) is 0 Å². The summed E-state index contributed by atoms with van der Waals surface area (Å²) in [6.07, 6.45) is 1.76. The first-order valence-electron chi connectivity index (χ1n) is 8.86. The van der Waals surface area contributed by atoms with E-state index in [0.29, 0.717) is 11.4 Å². The van der Waals surface area contributed by atoms with Gasteiger partial charge in [0.05, 0.1) is 10.7 Å². The quantitative estimate of drug-likeness (QED) is 0.705. The Labute approximate surface area is 162 Å². The lowest BCUT2D eigenvalue weighted by atomic mass is 10.1. The molecule has 0 bridgehead atoms. The number of hydrogen-bond donors (Lipinski definition) is 1. The minimum absolute atomic E-state index is 0.0892. The van der Waals surface area contributed by atoms with Crippen molar-refractivity contribution in [3.63, 3.8) is 0 Å². The number of nitrogens with zero attached hydrogens (tertiary/aromatic N) is 1. The molecule has 5 nitrogen and oxygen atoms in total. The van der Waals surface area contributed by atoms with Gasteiger partial charge in [-0.15, -0.1) is 11.3 Å². The first-order valence-corrected chi connectivity index (χ1v) is 9.67. The molecular formula is C21H20N2O3S. The minimum atomic E-state index is -0.0892. The van der Waals surface area contributed by atoms with Gasteiger partial charge in [-0.2, -0.15) is 0 Å². The Bertz CT molecular complexity index is 953. The largest absolute Gasteiger partial charge is 0.454 e. The van der Waals surface area contributed by atoms with Gasteiger partial charge in [-0.3, -0.25) is 4.79 Å². The van der Waals surface area contributed by atoms with Gasteiger partial charge in [-0.25, -0.2) is 4.98 Å². The number of carbonyl (C=O) groups excluding carboxylic acids is 1. The van der Waals surface area contributed by atoms with Gasteiger partial charge in [0.2, 0.25) is 6.79 Å². The summed E-state index contributed by atoms with van der Waals surface area (Å²) in [7, 11) is 0. The van der Waals surface area contributed by atoms with E-state index in [0.717, 1.165) is 40.6 Å². The van der Waals surface area contributed by atoms with E-state index in [4.69, 9.17) is 9.47 Å². The van der Waals surface area contributed by atoms with Crippen LogP contribution in [0.25, 0.3) is 0 Å². The Balaban J connectivity index is 1.36. The number of nitrogens with one attached hydrogen (secondary N) is 1. The van der Waals surface area contributed by atoms with Crippen molar-refractivity contribution in [1.82, 2.24) is 10.3 Å². The van der Waals surface area contributed by atoms with Gasteiger partial charge in [-0.1, -0.05) is 36.4 Å². The molecule has 1 N–H and O–H groups in total. The molecule has 6 heteroatoms. The van der Waals surface area contributed by atoms with Crippen molar-refractivity contribution in [3.8, 4) is 11.5 Å². The molecule has 0 spiro atoms. The fraction of sp³-hybridized carbons (Fsp3) is 0.238. The lowest BCUT2D eigenvalue weighted by molar-refractivity contribution is 0.0954. The Kier molecular flexibility index (Phi) is 5.07. The number of aromatic nitrogens is 1. The van der Waals surface area contributed by atoms with E-state index in [9.17, 15) is 4.79 Å². The highest BCUT2D eigenvalue weighted by Gasteiger charge is 2.17. The van der Waals surface area contributed by atoms with E-state index in [1.165, 1.54) is 16.9 Å². The van der Waals surface area contributed by atoms with Crippen LogP contribution < -0.4 is 14.8 Å². The highest BCUT2D eigenvalue weighted by Crippen LogP contribution is 2.32. The molecule has 0 atom stereocenters. The van der Waals surface area contributed by atoms with Crippen LogP contribution in [0.1, 0.15) is 31.5 Å². The maximum Gasteiger partial charge on any atom is 0.263 e. The summed E-state index contributed by atoms with van der Waals surface area (Å²) in [6.45, 7) is 2.57. The SMILES string of the molecule is Cc1nc(CCc2ccccc2)sc1C(=O)NCc1ccc2c(c1)OCO2. The number of benzene rings is 2. The molecule has 27 heavy (non-hydrogen) atoms. The van der Waals surface area contributed by atoms with Gasteiger partial charge < -0.3 is 14.8 Å². The molecule has 0 unspecified atom stereocenters. The summed E-state index contributed by atoms with van der Waals surface area (Å²) in [6, 6.07) is 16.0. The van der Waals surface area contributed by atoms with E-state index in [-0.39, 0.29) is 12.7 Å². The summed E-state index contributed by atoms with van der Waals surface area (Å²) in [5.41, 5.74) is 3.03. The third-order valence-electron chi connectivity index (χ3n) is 4.41. The molecule has 1 aromatic heterocycles. The summed E-state index contributed by atoms with van der Waals surface area (Å²) in [5.74, 6) is 1.37. The molecule has 0 aliphatic carbocycles. The predicted molar refractivity (Wildman–Crippen MR) is 104 cm³/mol. The Hall–Kier alpha value is -2.86. The first kappa shape index (κ1) is 17.5. The maximum atomic E-state index is 12.6. The number of amides is 1. The van der Waals surface area contributed by atoms with Crippen LogP contribution in [0.3, 0.4) is 0 Å². The lowest BCUT2D eigenvalue weighted by Gasteiger charge is -2.05. The highest BCUT2D eigenvalue weighted by molar-refractivity contribution is 7.13. The molecule has 1 aliphatic heterocycles. The minimum Gasteiger partial charge on any atom is -0.454 e. The number of carbonyl (C=O) groups is 1. The van der Waals surface area contributed by atoms with Crippen molar-refractivity contribution in [2.24, 2.45) is 0 Å². The number of aryl methyl sites for hydroxylation is 3. The molecule has 1 amide bonds. The number of ether oxygens (including phenoxy) is 2. The third kappa shape index (κ3) is 4.11. The molecular weight excluding hydrogens is 360 g/mol. The average molecular weight is 380 g/mol. The van der Waals surface area contributed by atoms with E-state index < -0.39 is 0 Å². The Morgan fingerprint density at radius 1 is 1.07 bits per heavy atom. The molecule has 0 fully saturated rings. The monoisotopic (exact) mass is 380 g/mol. The van der Waals surface area contributed by atoms with E-state index in [1.807, 2.05) is 43.3 Å². The molecule has 138 valence electrons. The van der Waals surface area contributed by atoms with Gasteiger partial charge in [0.15, 0.2) is 11.5 Å². The fourth-order valence-electron chi connectivity index (χ4n) is 2.98. The Morgan fingerprint density at radius 3 is 2.74 bits per heavy atom. The van der Waals surface area contributed by atoms with Crippen molar-refractivity contribution in [2.45, 2.75) is 26.3 Å². The van der Waals surface area contributed by atoms with Gasteiger partial charge >= 0.3 is 0 Å². The van der Waals surface area contributed by atoms with Crippen LogP contribution in [0, 0.1) is 6.92 Å². The second kappa shape index (κ2) is 7.80. The van der Waals surface area contributed by atoms with Crippen LogP contribution in [0.5, 0.6) is 11.5 Å². The van der Waals surface area contributed by atoms with Gasteiger partial charge in [-0.05, 0) is 36.6 Å². The zero-order valence-corrected chi connectivity index (χ0v) is 15.8. The van der Waals surface area contributed by atoms with Crippen LogP contribution in [0.4, 0.5) is 0 Å². The highest BCUT2D eigenvalue weighted by atomic mass is 32.1. The van der Waals surface area contributed by atoms with Crippen molar-refractivity contribution in [3.05, 3.63) is 75.2 Å². The standard InChI is InChI=1S/C21H20N2O3S/c1-14-20(27-19(23-14)10-8-15-5-3-2-4-6-15)21(24)22-12-16-7-9-17-18(11-16)26-13-25-17/h2-7,9,11H,8,10,12-13H2,1H3,(H,22,24). The maximum absolute atomic E-state index is 12.6. The molecule has 0 saturated carbocycles. The van der Waals surface area contributed by atoms with Crippen LogP contribution in [-0.2, 0) is 19.4 Å². The number of thiazole rings is 1. The van der Waals surface area contributed by atoms with Crippen LogP contribution >= 0.6 is 11.3 Å². The number of hydrogen-bond acceptors (Lipinski definition) is 5. The van der Waals surface area contributed by atoms with Crippen molar-refractivity contribution in [2.75, 3.05) is 6.79 Å². The molecule has 1 aliphatic rings. The zero-order valence-electron chi connectivity index (χ0n) is 15.0. The first-order chi connectivity index (χ1) is 13.2. The molecule has 3 aromatic rings. The zero-order chi connectivity index (χ0) is 18.6. The van der Waals surface area contributed by atoms with Crippen molar-refractivity contribution < 1.29 is 14.3 Å². The van der Waals surface area contributed by atoms with Crippen molar-refractivity contribution in [1.29, 1.82) is 0 Å². The van der Waals surface area contributed by atoms with E-state index >= 15 is 0 Å². The molecule has 0 radical (unpaired) electrons. The van der Waals surface area contributed by atoms with Crippen LogP contribution in [0.15, 0.2) is 48.5 Å².